The Morgan fingerprint density at radius 1 is 1.17 bits per heavy atom. The van der Waals surface area contributed by atoms with E-state index in [9.17, 15) is 0 Å². The topological polar surface area (TPSA) is 41.8 Å². The molecule has 0 aliphatic heterocycles. The highest BCUT2D eigenvalue weighted by molar-refractivity contribution is 6.30. The second-order valence-corrected chi connectivity index (χ2v) is 4.17. The van der Waals surface area contributed by atoms with Gasteiger partial charge < -0.3 is 9.94 Å². The maximum absolute atomic E-state index is 8.39. The maximum Gasteiger partial charge on any atom is 0.119 e. The van der Waals surface area contributed by atoms with E-state index in [2.05, 4.69) is 5.16 Å². The third-order valence-electron chi connectivity index (χ3n) is 2.38. The first-order valence-corrected chi connectivity index (χ1v) is 5.80. The van der Waals surface area contributed by atoms with Crippen LogP contribution in [0.2, 0.25) is 5.02 Å². The monoisotopic (exact) mass is 261 g/mol. The smallest absolute Gasteiger partial charge is 0.119 e. The molecule has 2 aromatic rings. The summed E-state index contributed by atoms with van der Waals surface area (Å²) in [5.74, 6) is 0.755. The van der Waals surface area contributed by atoms with Gasteiger partial charge in [-0.2, -0.15) is 0 Å². The summed E-state index contributed by atoms with van der Waals surface area (Å²) >= 11 is 5.89. The lowest BCUT2D eigenvalue weighted by molar-refractivity contribution is 0.306. The van der Waals surface area contributed by atoms with Crippen LogP contribution in [0.5, 0.6) is 5.75 Å². The average Bonchev–Trinajstić information content (AvgIpc) is 2.38. The van der Waals surface area contributed by atoms with Gasteiger partial charge in [-0.05, 0) is 47.5 Å². The zero-order valence-corrected chi connectivity index (χ0v) is 10.3. The number of hydrogen-bond acceptors (Lipinski definition) is 3. The van der Waals surface area contributed by atoms with Crippen LogP contribution in [0.4, 0.5) is 0 Å². The quantitative estimate of drug-likeness (QED) is 0.518. The molecule has 0 amide bonds. The van der Waals surface area contributed by atoms with Crippen LogP contribution in [0.3, 0.4) is 0 Å². The fourth-order valence-electron chi connectivity index (χ4n) is 1.51. The van der Waals surface area contributed by atoms with Crippen LogP contribution in [-0.4, -0.2) is 11.4 Å². The van der Waals surface area contributed by atoms with E-state index in [0.717, 1.165) is 16.9 Å². The Bertz CT molecular complexity index is 538. The van der Waals surface area contributed by atoms with Crippen LogP contribution in [0.15, 0.2) is 53.7 Å². The van der Waals surface area contributed by atoms with Crippen molar-refractivity contribution in [2.45, 2.75) is 6.61 Å². The minimum atomic E-state index is 0.466. The van der Waals surface area contributed by atoms with E-state index in [1.54, 1.807) is 0 Å². The molecule has 3 nitrogen and oxygen atoms in total. The second-order valence-electron chi connectivity index (χ2n) is 3.73. The highest BCUT2D eigenvalue weighted by atomic mass is 35.5. The first-order valence-electron chi connectivity index (χ1n) is 5.42. The highest BCUT2D eigenvalue weighted by Crippen LogP contribution is 2.15. The van der Waals surface area contributed by atoms with Crippen molar-refractivity contribution in [1.82, 2.24) is 0 Å². The first-order chi connectivity index (χ1) is 8.78. The molecule has 4 heteroatoms. The SMILES string of the molecule is ON=Cc1ccc(OCc2cccc(Cl)c2)cc1. The number of ether oxygens (including phenoxy) is 1. The van der Waals surface area contributed by atoms with Crippen molar-refractivity contribution < 1.29 is 9.94 Å². The molecule has 0 fully saturated rings. The molecule has 0 radical (unpaired) electrons. The molecule has 0 bridgehead atoms. The van der Waals surface area contributed by atoms with Gasteiger partial charge in [0.1, 0.15) is 12.4 Å². The molecule has 18 heavy (non-hydrogen) atoms. The maximum atomic E-state index is 8.39. The summed E-state index contributed by atoms with van der Waals surface area (Å²) < 4.78 is 5.61. The predicted molar refractivity (Wildman–Crippen MR) is 71.6 cm³/mol. The van der Waals surface area contributed by atoms with Gasteiger partial charge in [0.2, 0.25) is 0 Å². The molecule has 0 spiro atoms. The fourth-order valence-corrected chi connectivity index (χ4v) is 1.72. The van der Waals surface area contributed by atoms with Crippen LogP contribution >= 0.6 is 11.6 Å². The van der Waals surface area contributed by atoms with E-state index in [4.69, 9.17) is 21.5 Å². The van der Waals surface area contributed by atoms with Crippen LogP contribution in [-0.2, 0) is 6.61 Å². The summed E-state index contributed by atoms with van der Waals surface area (Å²) in [4.78, 5) is 0. The summed E-state index contributed by atoms with van der Waals surface area (Å²) in [7, 11) is 0. The fraction of sp³-hybridized carbons (Fsp3) is 0.0714. The van der Waals surface area contributed by atoms with E-state index in [1.165, 1.54) is 6.21 Å². The third-order valence-corrected chi connectivity index (χ3v) is 2.62. The molecule has 0 aromatic heterocycles. The number of benzene rings is 2. The number of hydrogen-bond donors (Lipinski definition) is 1. The van der Waals surface area contributed by atoms with Crippen molar-refractivity contribution in [3.8, 4) is 5.75 Å². The van der Waals surface area contributed by atoms with E-state index in [1.807, 2.05) is 48.5 Å². The van der Waals surface area contributed by atoms with Crippen molar-refractivity contribution in [3.63, 3.8) is 0 Å². The molecule has 1 N–H and O–H groups in total. The summed E-state index contributed by atoms with van der Waals surface area (Å²) in [5.41, 5.74) is 1.83. The number of nitrogens with zero attached hydrogens (tertiary/aromatic N) is 1. The van der Waals surface area contributed by atoms with E-state index < -0.39 is 0 Å². The molecule has 0 saturated heterocycles. The molecule has 2 aromatic carbocycles. The minimum absolute atomic E-state index is 0.466. The van der Waals surface area contributed by atoms with Gasteiger partial charge >= 0.3 is 0 Å². The standard InChI is InChI=1S/C14H12ClNO2/c15-13-3-1-2-12(8-13)10-18-14-6-4-11(5-7-14)9-16-17/h1-9,17H,10H2. The molecule has 0 aliphatic rings. The highest BCUT2D eigenvalue weighted by Gasteiger charge is 1.97. The Morgan fingerprint density at radius 3 is 2.61 bits per heavy atom. The lowest BCUT2D eigenvalue weighted by atomic mass is 10.2. The van der Waals surface area contributed by atoms with Crippen LogP contribution in [0.25, 0.3) is 0 Å². The Balaban J connectivity index is 1.98. The van der Waals surface area contributed by atoms with Crippen molar-refractivity contribution in [3.05, 3.63) is 64.7 Å². The zero-order chi connectivity index (χ0) is 12.8. The lowest BCUT2D eigenvalue weighted by Gasteiger charge is -2.06. The van der Waals surface area contributed by atoms with Gasteiger partial charge in [-0.3, -0.25) is 0 Å². The van der Waals surface area contributed by atoms with Gasteiger partial charge in [0.15, 0.2) is 0 Å². The van der Waals surface area contributed by atoms with Crippen LogP contribution in [0, 0.1) is 0 Å². The normalized spacial score (nSPS) is 10.7. The van der Waals surface area contributed by atoms with Crippen LogP contribution < -0.4 is 4.74 Å². The van der Waals surface area contributed by atoms with E-state index in [-0.39, 0.29) is 0 Å². The van der Waals surface area contributed by atoms with Crippen molar-refractivity contribution in [2.75, 3.05) is 0 Å². The number of oxime groups is 1. The zero-order valence-electron chi connectivity index (χ0n) is 9.58. The molecule has 0 saturated carbocycles. The molecule has 0 aliphatic carbocycles. The van der Waals surface area contributed by atoms with Gasteiger partial charge in [-0.1, -0.05) is 28.9 Å². The Kier molecular flexibility index (Phi) is 4.20. The Labute approximate surface area is 110 Å². The van der Waals surface area contributed by atoms with E-state index >= 15 is 0 Å². The molecular weight excluding hydrogens is 250 g/mol. The van der Waals surface area contributed by atoms with Gasteiger partial charge in [0.05, 0.1) is 6.21 Å². The predicted octanol–water partition coefficient (Wildman–Crippen LogP) is 3.73. The Morgan fingerprint density at radius 2 is 1.94 bits per heavy atom. The number of rotatable bonds is 4. The summed E-state index contributed by atoms with van der Waals surface area (Å²) in [6.45, 7) is 0.466. The van der Waals surface area contributed by atoms with Gasteiger partial charge in [-0.15, -0.1) is 0 Å². The molecule has 2 rings (SSSR count). The average molecular weight is 262 g/mol. The molecule has 92 valence electrons. The largest absolute Gasteiger partial charge is 0.489 e. The van der Waals surface area contributed by atoms with Crippen molar-refractivity contribution in [1.29, 1.82) is 0 Å². The molecule has 0 atom stereocenters. The Hall–Kier alpha value is -2.00. The van der Waals surface area contributed by atoms with Crippen molar-refractivity contribution in [2.24, 2.45) is 5.16 Å². The van der Waals surface area contributed by atoms with Crippen LogP contribution in [0.1, 0.15) is 11.1 Å². The molecule has 0 unspecified atom stereocenters. The van der Waals surface area contributed by atoms with Gasteiger partial charge in [0, 0.05) is 5.02 Å². The van der Waals surface area contributed by atoms with E-state index in [0.29, 0.717) is 11.6 Å². The molecular formula is C14H12ClNO2. The summed E-state index contributed by atoms with van der Waals surface area (Å²) in [5, 5.41) is 12.1. The minimum Gasteiger partial charge on any atom is -0.489 e. The second kappa shape index (κ2) is 6.07. The first kappa shape index (κ1) is 12.5. The third kappa shape index (κ3) is 3.50. The van der Waals surface area contributed by atoms with Gasteiger partial charge in [0.25, 0.3) is 0 Å². The van der Waals surface area contributed by atoms with Crippen molar-refractivity contribution >= 4 is 17.8 Å². The summed E-state index contributed by atoms with van der Waals surface area (Å²) in [6.07, 6.45) is 1.36. The van der Waals surface area contributed by atoms with Gasteiger partial charge in [-0.25, -0.2) is 0 Å². The number of halogens is 1. The molecule has 0 heterocycles. The lowest BCUT2D eigenvalue weighted by Crippen LogP contribution is -1.95. The summed E-state index contributed by atoms with van der Waals surface area (Å²) in [6, 6.07) is 14.8.